The summed E-state index contributed by atoms with van der Waals surface area (Å²) in [4.78, 5) is 12.3. The van der Waals surface area contributed by atoms with Crippen molar-refractivity contribution in [3.8, 4) is 5.75 Å². The standard InChI is InChI=1S/C18H30N2O5S/c1-6-24-16-9-8-15(12-17(16)26(22,23)20-13(2)3)18(21)19-10-7-11-25-14(4)5/h8-9,12-14,20H,6-7,10-11H2,1-5H3,(H,19,21). The van der Waals surface area contributed by atoms with Crippen molar-refractivity contribution in [2.45, 2.75) is 58.1 Å². The highest BCUT2D eigenvalue weighted by Gasteiger charge is 2.22. The van der Waals surface area contributed by atoms with Gasteiger partial charge in [0.25, 0.3) is 5.91 Å². The van der Waals surface area contributed by atoms with Gasteiger partial charge >= 0.3 is 0 Å². The van der Waals surface area contributed by atoms with E-state index in [9.17, 15) is 13.2 Å². The minimum absolute atomic E-state index is 0.0381. The van der Waals surface area contributed by atoms with Gasteiger partial charge in [0.15, 0.2) is 0 Å². The van der Waals surface area contributed by atoms with Crippen LogP contribution in [0.5, 0.6) is 5.75 Å². The molecule has 8 heteroatoms. The maximum atomic E-state index is 12.5. The van der Waals surface area contributed by atoms with Crippen LogP contribution in [0, 0.1) is 0 Å². The smallest absolute Gasteiger partial charge is 0.251 e. The van der Waals surface area contributed by atoms with Crippen LogP contribution in [0.25, 0.3) is 0 Å². The normalized spacial score (nSPS) is 11.8. The second-order valence-electron chi connectivity index (χ2n) is 6.40. The maximum absolute atomic E-state index is 12.5. The number of sulfonamides is 1. The molecule has 2 N–H and O–H groups in total. The summed E-state index contributed by atoms with van der Waals surface area (Å²) >= 11 is 0. The minimum Gasteiger partial charge on any atom is -0.492 e. The second kappa shape index (κ2) is 10.5. The number of hydrogen-bond donors (Lipinski definition) is 2. The summed E-state index contributed by atoms with van der Waals surface area (Å²) < 4.78 is 38.4. The largest absolute Gasteiger partial charge is 0.492 e. The molecule has 0 spiro atoms. The van der Waals surface area contributed by atoms with Gasteiger partial charge in [-0.2, -0.15) is 0 Å². The Bertz CT molecular complexity index is 687. The Labute approximate surface area is 156 Å². The molecule has 0 bridgehead atoms. The number of ether oxygens (including phenoxy) is 2. The molecule has 0 fully saturated rings. The summed E-state index contributed by atoms with van der Waals surface area (Å²) in [6.45, 7) is 10.5. The first kappa shape index (κ1) is 22.4. The molecule has 0 unspecified atom stereocenters. The Morgan fingerprint density at radius 1 is 1.19 bits per heavy atom. The summed E-state index contributed by atoms with van der Waals surface area (Å²) in [5.74, 6) is -0.110. The molecule has 0 aliphatic rings. The van der Waals surface area contributed by atoms with Gasteiger partial charge in [-0.05, 0) is 59.2 Å². The molecule has 0 heterocycles. The molecule has 1 aromatic rings. The van der Waals surface area contributed by atoms with Crippen LogP contribution < -0.4 is 14.8 Å². The van der Waals surface area contributed by atoms with Crippen molar-refractivity contribution in [2.24, 2.45) is 0 Å². The molecule has 1 rings (SSSR count). The predicted molar refractivity (Wildman–Crippen MR) is 101 cm³/mol. The molecular formula is C18H30N2O5S. The lowest BCUT2D eigenvalue weighted by molar-refractivity contribution is 0.0757. The van der Waals surface area contributed by atoms with Crippen molar-refractivity contribution in [3.05, 3.63) is 23.8 Å². The second-order valence-corrected chi connectivity index (χ2v) is 8.08. The van der Waals surface area contributed by atoms with Crippen molar-refractivity contribution in [2.75, 3.05) is 19.8 Å². The number of rotatable bonds is 11. The lowest BCUT2D eigenvalue weighted by Crippen LogP contribution is -2.31. The maximum Gasteiger partial charge on any atom is 0.251 e. The highest BCUT2D eigenvalue weighted by Crippen LogP contribution is 2.25. The van der Waals surface area contributed by atoms with Gasteiger partial charge in [0.1, 0.15) is 10.6 Å². The third-order valence-corrected chi connectivity index (χ3v) is 4.92. The van der Waals surface area contributed by atoms with E-state index in [0.29, 0.717) is 26.2 Å². The van der Waals surface area contributed by atoms with Crippen LogP contribution >= 0.6 is 0 Å². The summed E-state index contributed by atoms with van der Waals surface area (Å²) in [7, 11) is -3.78. The highest BCUT2D eigenvalue weighted by molar-refractivity contribution is 7.89. The molecule has 0 atom stereocenters. The molecule has 26 heavy (non-hydrogen) atoms. The number of hydrogen-bond acceptors (Lipinski definition) is 5. The van der Waals surface area contributed by atoms with Gasteiger partial charge in [-0.1, -0.05) is 0 Å². The van der Waals surface area contributed by atoms with Gasteiger partial charge in [0.2, 0.25) is 10.0 Å². The van der Waals surface area contributed by atoms with Crippen LogP contribution in [0.1, 0.15) is 51.4 Å². The Kier molecular flexibility index (Phi) is 9.04. The third kappa shape index (κ3) is 7.31. The number of carbonyl (C=O) groups excluding carboxylic acids is 1. The van der Waals surface area contributed by atoms with Crippen molar-refractivity contribution in [1.29, 1.82) is 0 Å². The molecule has 0 aliphatic heterocycles. The van der Waals surface area contributed by atoms with E-state index >= 15 is 0 Å². The zero-order valence-electron chi connectivity index (χ0n) is 16.2. The molecule has 148 valence electrons. The number of nitrogens with one attached hydrogen (secondary N) is 2. The fourth-order valence-corrected chi connectivity index (χ4v) is 3.62. The van der Waals surface area contributed by atoms with Crippen LogP contribution in [0.4, 0.5) is 0 Å². The Hall–Kier alpha value is -1.64. The zero-order chi connectivity index (χ0) is 19.7. The fourth-order valence-electron chi connectivity index (χ4n) is 2.20. The first-order valence-electron chi connectivity index (χ1n) is 8.86. The molecule has 0 aromatic heterocycles. The minimum atomic E-state index is -3.78. The molecule has 0 saturated heterocycles. The van der Waals surface area contributed by atoms with Crippen LogP contribution in [0.2, 0.25) is 0 Å². The first-order chi connectivity index (χ1) is 12.2. The molecule has 0 saturated carbocycles. The molecule has 7 nitrogen and oxygen atoms in total. The van der Waals surface area contributed by atoms with Gasteiger partial charge in [0, 0.05) is 24.8 Å². The van der Waals surface area contributed by atoms with Gasteiger partial charge in [-0.25, -0.2) is 13.1 Å². The van der Waals surface area contributed by atoms with Crippen LogP contribution in [0.15, 0.2) is 23.1 Å². The van der Waals surface area contributed by atoms with Crippen molar-refractivity contribution >= 4 is 15.9 Å². The van der Waals surface area contributed by atoms with Crippen molar-refractivity contribution in [3.63, 3.8) is 0 Å². The zero-order valence-corrected chi connectivity index (χ0v) is 17.0. The van der Waals surface area contributed by atoms with Gasteiger partial charge in [-0.3, -0.25) is 4.79 Å². The third-order valence-electron chi connectivity index (χ3n) is 3.24. The quantitative estimate of drug-likeness (QED) is 0.569. The molecule has 0 aliphatic carbocycles. The average Bonchev–Trinajstić information content (AvgIpc) is 2.53. The summed E-state index contributed by atoms with van der Waals surface area (Å²) in [6.07, 6.45) is 0.833. The van der Waals surface area contributed by atoms with E-state index < -0.39 is 10.0 Å². The van der Waals surface area contributed by atoms with E-state index in [1.54, 1.807) is 26.8 Å². The number of benzene rings is 1. The van der Waals surface area contributed by atoms with E-state index in [2.05, 4.69) is 10.0 Å². The molecular weight excluding hydrogens is 356 g/mol. The summed E-state index contributed by atoms with van der Waals surface area (Å²) in [5.41, 5.74) is 0.266. The fraction of sp³-hybridized carbons (Fsp3) is 0.611. The van der Waals surface area contributed by atoms with Gasteiger partial charge in [0.05, 0.1) is 12.7 Å². The van der Waals surface area contributed by atoms with Gasteiger partial charge < -0.3 is 14.8 Å². The van der Waals surface area contributed by atoms with Crippen molar-refractivity contribution in [1.82, 2.24) is 10.0 Å². The molecule has 0 radical (unpaired) electrons. The van der Waals surface area contributed by atoms with E-state index in [1.165, 1.54) is 12.1 Å². The SMILES string of the molecule is CCOc1ccc(C(=O)NCCCOC(C)C)cc1S(=O)(=O)NC(C)C. The summed E-state index contributed by atoms with van der Waals surface area (Å²) in [5, 5.41) is 2.77. The Balaban J connectivity index is 2.90. The Morgan fingerprint density at radius 3 is 2.46 bits per heavy atom. The lowest BCUT2D eigenvalue weighted by atomic mass is 10.2. The molecule has 1 aromatic carbocycles. The average molecular weight is 387 g/mol. The number of carbonyl (C=O) groups is 1. The van der Waals surface area contributed by atoms with Gasteiger partial charge in [-0.15, -0.1) is 0 Å². The Morgan fingerprint density at radius 2 is 1.88 bits per heavy atom. The number of amides is 1. The van der Waals surface area contributed by atoms with E-state index in [4.69, 9.17) is 9.47 Å². The van der Waals surface area contributed by atoms with E-state index in [1.807, 2.05) is 13.8 Å². The first-order valence-corrected chi connectivity index (χ1v) is 10.3. The van der Waals surface area contributed by atoms with Crippen LogP contribution in [-0.2, 0) is 14.8 Å². The predicted octanol–water partition coefficient (Wildman–Crippen LogP) is 2.32. The van der Waals surface area contributed by atoms with Crippen molar-refractivity contribution < 1.29 is 22.7 Å². The topological polar surface area (TPSA) is 93.7 Å². The summed E-state index contributed by atoms with van der Waals surface area (Å²) in [6, 6.07) is 4.14. The highest BCUT2D eigenvalue weighted by atomic mass is 32.2. The van der Waals surface area contributed by atoms with E-state index in [0.717, 1.165) is 0 Å². The lowest BCUT2D eigenvalue weighted by Gasteiger charge is -2.15. The molecule has 1 amide bonds. The van der Waals surface area contributed by atoms with Crippen LogP contribution in [0.3, 0.4) is 0 Å². The monoisotopic (exact) mass is 386 g/mol. The van der Waals surface area contributed by atoms with Crippen LogP contribution in [-0.4, -0.2) is 46.2 Å². The van der Waals surface area contributed by atoms with E-state index in [-0.39, 0.29) is 34.3 Å².